The van der Waals surface area contributed by atoms with E-state index in [2.05, 4.69) is 19.9 Å². The molecule has 6 nitrogen and oxygen atoms in total. The minimum atomic E-state index is -2.88. The molecule has 0 spiro atoms. The standard InChI is InChI=1S/C18H11ClF2N4O2/c19-12-3-7-13(8-4-12)26-16-10-22-9-15-23-24-17(25(15)16)11-1-5-14(6-2-11)27-18(20)21/h1-10,18H. The summed E-state index contributed by atoms with van der Waals surface area (Å²) in [4.78, 5) is 4.10. The molecular weight excluding hydrogens is 378 g/mol. The molecule has 9 heteroatoms. The minimum absolute atomic E-state index is 0.0573. The first-order valence-corrected chi connectivity index (χ1v) is 8.16. The quantitative estimate of drug-likeness (QED) is 0.489. The van der Waals surface area contributed by atoms with E-state index in [-0.39, 0.29) is 5.75 Å². The van der Waals surface area contributed by atoms with Gasteiger partial charge in [-0.2, -0.15) is 8.78 Å². The molecule has 0 saturated heterocycles. The van der Waals surface area contributed by atoms with Crippen molar-refractivity contribution in [3.8, 4) is 28.8 Å². The highest BCUT2D eigenvalue weighted by atomic mass is 35.5. The van der Waals surface area contributed by atoms with Crippen molar-refractivity contribution in [1.82, 2.24) is 19.6 Å². The van der Waals surface area contributed by atoms with Crippen LogP contribution in [0.25, 0.3) is 17.0 Å². The topological polar surface area (TPSA) is 61.5 Å². The van der Waals surface area contributed by atoms with Gasteiger partial charge in [-0.15, -0.1) is 10.2 Å². The molecule has 0 aliphatic carbocycles. The molecule has 4 aromatic rings. The Labute approximate surface area is 157 Å². The molecule has 0 fully saturated rings. The van der Waals surface area contributed by atoms with Crippen molar-refractivity contribution in [1.29, 1.82) is 0 Å². The van der Waals surface area contributed by atoms with Crippen molar-refractivity contribution in [3.63, 3.8) is 0 Å². The van der Waals surface area contributed by atoms with Crippen LogP contribution < -0.4 is 9.47 Å². The van der Waals surface area contributed by atoms with E-state index in [0.717, 1.165) is 0 Å². The van der Waals surface area contributed by atoms with Crippen LogP contribution >= 0.6 is 11.6 Å². The van der Waals surface area contributed by atoms with Crippen LogP contribution in [0.1, 0.15) is 0 Å². The van der Waals surface area contributed by atoms with Gasteiger partial charge in [0.25, 0.3) is 0 Å². The van der Waals surface area contributed by atoms with Crippen LogP contribution in [0.2, 0.25) is 5.02 Å². The van der Waals surface area contributed by atoms with Gasteiger partial charge in [-0.1, -0.05) is 11.6 Å². The number of alkyl halides is 2. The Balaban J connectivity index is 1.72. The van der Waals surface area contributed by atoms with Crippen LogP contribution in [0, 0.1) is 0 Å². The summed E-state index contributed by atoms with van der Waals surface area (Å²) in [6.45, 7) is -2.88. The molecule has 2 aromatic heterocycles. The van der Waals surface area contributed by atoms with Crippen molar-refractivity contribution in [2.75, 3.05) is 0 Å². The van der Waals surface area contributed by atoms with Gasteiger partial charge in [0.2, 0.25) is 5.88 Å². The van der Waals surface area contributed by atoms with Gasteiger partial charge in [0.15, 0.2) is 11.5 Å². The summed E-state index contributed by atoms with van der Waals surface area (Å²) in [5.74, 6) is 1.48. The average Bonchev–Trinajstić information content (AvgIpc) is 3.09. The number of halogens is 3. The monoisotopic (exact) mass is 388 g/mol. The predicted octanol–water partition coefficient (Wildman–Crippen LogP) is 4.84. The number of hydrogen-bond acceptors (Lipinski definition) is 5. The van der Waals surface area contributed by atoms with E-state index in [1.165, 1.54) is 18.3 Å². The van der Waals surface area contributed by atoms with Crippen LogP contribution in [-0.2, 0) is 0 Å². The van der Waals surface area contributed by atoms with E-state index in [0.29, 0.717) is 33.7 Å². The summed E-state index contributed by atoms with van der Waals surface area (Å²) in [6.07, 6.45) is 3.07. The molecule has 0 aliphatic heterocycles. The third kappa shape index (κ3) is 3.65. The minimum Gasteiger partial charge on any atom is -0.439 e. The number of ether oxygens (including phenoxy) is 2. The fourth-order valence-corrected chi connectivity index (χ4v) is 2.62. The van der Waals surface area contributed by atoms with Gasteiger partial charge in [-0.25, -0.2) is 4.40 Å². The molecule has 0 amide bonds. The molecule has 0 radical (unpaired) electrons. The lowest BCUT2D eigenvalue weighted by Crippen LogP contribution is -2.01. The second-order valence-electron chi connectivity index (χ2n) is 5.42. The number of fused-ring (bicyclic) bond motifs is 1. The molecular formula is C18H11ClF2N4O2. The van der Waals surface area contributed by atoms with Gasteiger partial charge < -0.3 is 9.47 Å². The summed E-state index contributed by atoms with van der Waals surface area (Å²) < 4.78 is 36.5. The van der Waals surface area contributed by atoms with Gasteiger partial charge in [0, 0.05) is 10.6 Å². The second kappa shape index (κ2) is 7.16. The van der Waals surface area contributed by atoms with Crippen LogP contribution in [0.3, 0.4) is 0 Å². The second-order valence-corrected chi connectivity index (χ2v) is 5.86. The molecule has 136 valence electrons. The van der Waals surface area contributed by atoms with E-state index in [4.69, 9.17) is 16.3 Å². The SMILES string of the molecule is FC(F)Oc1ccc(-c2nnc3cncc(Oc4ccc(Cl)cc4)n23)cc1. The summed E-state index contributed by atoms with van der Waals surface area (Å²) >= 11 is 5.89. The Morgan fingerprint density at radius 1 is 0.889 bits per heavy atom. The van der Waals surface area contributed by atoms with Crippen LogP contribution in [0.15, 0.2) is 60.9 Å². The summed E-state index contributed by atoms with van der Waals surface area (Å²) in [5, 5.41) is 8.83. The summed E-state index contributed by atoms with van der Waals surface area (Å²) in [5.41, 5.74) is 1.13. The molecule has 0 atom stereocenters. The molecule has 27 heavy (non-hydrogen) atoms. The first-order valence-electron chi connectivity index (χ1n) is 7.78. The highest BCUT2D eigenvalue weighted by molar-refractivity contribution is 6.30. The van der Waals surface area contributed by atoms with Gasteiger partial charge in [-0.05, 0) is 48.5 Å². The zero-order valence-electron chi connectivity index (χ0n) is 13.6. The van der Waals surface area contributed by atoms with E-state index in [9.17, 15) is 8.78 Å². The van der Waals surface area contributed by atoms with Gasteiger partial charge in [0.05, 0.1) is 12.4 Å². The fourth-order valence-electron chi connectivity index (χ4n) is 2.49. The molecule has 2 heterocycles. The van der Waals surface area contributed by atoms with E-state index in [1.54, 1.807) is 47.0 Å². The normalized spacial score (nSPS) is 11.1. The summed E-state index contributed by atoms with van der Waals surface area (Å²) in [7, 11) is 0. The highest BCUT2D eigenvalue weighted by Crippen LogP contribution is 2.28. The van der Waals surface area contributed by atoms with Crippen LogP contribution in [0.4, 0.5) is 8.78 Å². The van der Waals surface area contributed by atoms with Crippen molar-refractivity contribution in [2.24, 2.45) is 0 Å². The van der Waals surface area contributed by atoms with E-state index in [1.807, 2.05) is 0 Å². The molecule has 4 rings (SSSR count). The Morgan fingerprint density at radius 2 is 1.59 bits per heavy atom. The number of nitrogens with zero attached hydrogens (tertiary/aromatic N) is 4. The molecule has 0 N–H and O–H groups in total. The molecule has 0 aliphatic rings. The lowest BCUT2D eigenvalue weighted by Gasteiger charge is -2.09. The summed E-state index contributed by atoms with van der Waals surface area (Å²) in [6, 6.07) is 13.0. The third-order valence-electron chi connectivity index (χ3n) is 3.66. The van der Waals surface area contributed by atoms with Gasteiger partial charge in [0.1, 0.15) is 11.5 Å². The zero-order valence-corrected chi connectivity index (χ0v) is 14.3. The van der Waals surface area contributed by atoms with Crippen molar-refractivity contribution in [2.45, 2.75) is 6.61 Å². The maximum Gasteiger partial charge on any atom is 0.387 e. The van der Waals surface area contributed by atoms with Crippen LogP contribution in [0.5, 0.6) is 17.4 Å². The van der Waals surface area contributed by atoms with Crippen molar-refractivity contribution in [3.05, 3.63) is 65.9 Å². The number of aromatic nitrogens is 4. The molecule has 0 unspecified atom stereocenters. The van der Waals surface area contributed by atoms with Gasteiger partial charge >= 0.3 is 6.61 Å². The number of benzene rings is 2. The first-order chi connectivity index (χ1) is 13.1. The average molecular weight is 389 g/mol. The Bertz CT molecular complexity index is 1070. The Kier molecular flexibility index (Phi) is 4.55. The van der Waals surface area contributed by atoms with Crippen molar-refractivity contribution >= 4 is 17.2 Å². The third-order valence-corrected chi connectivity index (χ3v) is 3.91. The lowest BCUT2D eigenvalue weighted by atomic mass is 10.2. The van der Waals surface area contributed by atoms with Crippen molar-refractivity contribution < 1.29 is 18.3 Å². The highest BCUT2D eigenvalue weighted by Gasteiger charge is 2.14. The Morgan fingerprint density at radius 3 is 2.30 bits per heavy atom. The van der Waals surface area contributed by atoms with Crippen LogP contribution in [-0.4, -0.2) is 26.2 Å². The smallest absolute Gasteiger partial charge is 0.387 e. The zero-order chi connectivity index (χ0) is 18.8. The van der Waals surface area contributed by atoms with Gasteiger partial charge in [-0.3, -0.25) is 4.98 Å². The van der Waals surface area contributed by atoms with E-state index >= 15 is 0 Å². The maximum absolute atomic E-state index is 12.3. The number of hydrogen-bond donors (Lipinski definition) is 0. The first kappa shape index (κ1) is 17.2. The molecule has 2 aromatic carbocycles. The fraction of sp³-hybridized carbons (Fsp3) is 0.0556. The largest absolute Gasteiger partial charge is 0.439 e. The number of rotatable bonds is 5. The van der Waals surface area contributed by atoms with E-state index < -0.39 is 6.61 Å². The Hall–Kier alpha value is -3.26. The maximum atomic E-state index is 12.3. The molecule has 0 bridgehead atoms. The molecule has 0 saturated carbocycles. The lowest BCUT2D eigenvalue weighted by molar-refractivity contribution is -0.0498. The predicted molar refractivity (Wildman–Crippen MR) is 94.4 cm³/mol.